The largest absolute Gasteiger partial charge is 0.411 e. The van der Waals surface area contributed by atoms with Gasteiger partial charge in [-0.3, -0.25) is 4.79 Å². The molecule has 3 atom stereocenters. The maximum Gasteiger partial charge on any atom is 0.158 e. The zero-order valence-electron chi connectivity index (χ0n) is 17.4. The van der Waals surface area contributed by atoms with Crippen molar-refractivity contribution in [3.05, 3.63) is 65.3 Å². The van der Waals surface area contributed by atoms with Gasteiger partial charge in [-0.25, -0.2) is 4.98 Å². The van der Waals surface area contributed by atoms with Crippen molar-refractivity contribution >= 4 is 12.0 Å². The summed E-state index contributed by atoms with van der Waals surface area (Å²) in [4.78, 5) is 15.3. The average molecular weight is 419 g/mol. The Morgan fingerprint density at radius 3 is 2.87 bits per heavy atom. The number of aldehydes is 1. The molecule has 31 heavy (non-hydrogen) atoms. The minimum absolute atomic E-state index is 0.206. The molecule has 2 heterocycles. The van der Waals surface area contributed by atoms with Crippen molar-refractivity contribution in [1.82, 2.24) is 9.55 Å². The molecule has 1 saturated heterocycles. The summed E-state index contributed by atoms with van der Waals surface area (Å²) >= 11 is 0. The van der Waals surface area contributed by atoms with Crippen molar-refractivity contribution < 1.29 is 19.5 Å². The van der Waals surface area contributed by atoms with Crippen molar-refractivity contribution in [3.63, 3.8) is 0 Å². The molecule has 1 aliphatic heterocycles. The van der Waals surface area contributed by atoms with Gasteiger partial charge in [-0.2, -0.15) is 0 Å². The molecule has 7 heteroatoms. The monoisotopic (exact) mass is 419 g/mol. The van der Waals surface area contributed by atoms with Crippen LogP contribution in [0.1, 0.15) is 66.5 Å². The lowest BCUT2D eigenvalue weighted by molar-refractivity contribution is -0.188. The second kappa shape index (κ2) is 9.73. The summed E-state index contributed by atoms with van der Waals surface area (Å²) in [5.74, 6) is 6.91. The highest BCUT2D eigenvalue weighted by Crippen LogP contribution is 2.31. The molecule has 0 amide bonds. The summed E-state index contributed by atoms with van der Waals surface area (Å²) in [6, 6.07) is 6.82. The van der Waals surface area contributed by atoms with Crippen molar-refractivity contribution in [3.8, 4) is 11.8 Å². The fourth-order valence-corrected chi connectivity index (χ4v) is 3.90. The topological polar surface area (TPSA) is 85.9 Å². The van der Waals surface area contributed by atoms with Crippen LogP contribution in [0.5, 0.6) is 0 Å². The smallest absolute Gasteiger partial charge is 0.158 e. The number of aromatic nitrogens is 2. The van der Waals surface area contributed by atoms with Crippen molar-refractivity contribution in [2.24, 2.45) is 5.16 Å². The van der Waals surface area contributed by atoms with E-state index in [0.717, 1.165) is 43.5 Å². The zero-order valence-corrected chi connectivity index (χ0v) is 17.4. The van der Waals surface area contributed by atoms with Crippen LogP contribution in [0, 0.1) is 11.8 Å². The third-order valence-corrected chi connectivity index (χ3v) is 5.52. The van der Waals surface area contributed by atoms with Gasteiger partial charge in [0.2, 0.25) is 0 Å². The molecule has 0 radical (unpaired) electrons. The number of oxime groups is 1. The highest BCUT2D eigenvalue weighted by atomic mass is 16.7. The number of benzene rings is 1. The van der Waals surface area contributed by atoms with Crippen LogP contribution >= 0.6 is 0 Å². The van der Waals surface area contributed by atoms with E-state index >= 15 is 0 Å². The van der Waals surface area contributed by atoms with Crippen LogP contribution in [0.4, 0.5) is 0 Å². The Labute approximate surface area is 181 Å². The van der Waals surface area contributed by atoms with Crippen molar-refractivity contribution in [2.45, 2.75) is 51.0 Å². The van der Waals surface area contributed by atoms with E-state index in [4.69, 9.17) is 9.47 Å². The van der Waals surface area contributed by atoms with Gasteiger partial charge in [0, 0.05) is 35.7 Å². The van der Waals surface area contributed by atoms with Crippen LogP contribution in [0.3, 0.4) is 0 Å². The highest BCUT2D eigenvalue weighted by Gasteiger charge is 2.30. The maximum absolute atomic E-state index is 10.8. The summed E-state index contributed by atoms with van der Waals surface area (Å²) in [7, 11) is 0. The molecule has 160 valence electrons. The molecule has 2 aromatic rings. The zero-order chi connectivity index (χ0) is 21.6. The molecule has 1 fully saturated rings. The number of nitrogens with zero attached hydrogens (tertiary/aromatic N) is 3. The second-order valence-corrected chi connectivity index (χ2v) is 7.61. The van der Waals surface area contributed by atoms with Crippen LogP contribution in [0.25, 0.3) is 0 Å². The molecule has 7 nitrogen and oxygen atoms in total. The minimum atomic E-state index is -0.260. The fourth-order valence-electron chi connectivity index (χ4n) is 3.90. The fraction of sp³-hybridized carbons (Fsp3) is 0.375. The Bertz CT molecular complexity index is 1040. The van der Waals surface area contributed by atoms with Crippen molar-refractivity contribution in [1.29, 1.82) is 0 Å². The van der Waals surface area contributed by atoms with E-state index in [2.05, 4.69) is 22.0 Å². The van der Waals surface area contributed by atoms with Gasteiger partial charge in [-0.05, 0) is 44.7 Å². The van der Waals surface area contributed by atoms with Crippen molar-refractivity contribution in [2.75, 3.05) is 6.61 Å². The second-order valence-electron chi connectivity index (χ2n) is 7.61. The summed E-state index contributed by atoms with van der Waals surface area (Å²) in [5.41, 5.74) is 2.56. The number of carbonyl (C=O) groups is 1. The van der Waals surface area contributed by atoms with Gasteiger partial charge in [0.05, 0.1) is 6.04 Å². The number of hydrogen-bond donors (Lipinski definition) is 1. The van der Waals surface area contributed by atoms with Gasteiger partial charge in [-0.1, -0.05) is 35.2 Å². The van der Waals surface area contributed by atoms with Gasteiger partial charge < -0.3 is 19.2 Å². The molecular formula is C24H25N3O4. The van der Waals surface area contributed by atoms with Gasteiger partial charge in [0.25, 0.3) is 0 Å². The molecule has 2 aliphatic rings. The van der Waals surface area contributed by atoms with Gasteiger partial charge in [0.1, 0.15) is 23.9 Å². The van der Waals surface area contributed by atoms with E-state index < -0.39 is 0 Å². The third kappa shape index (κ3) is 4.76. The number of carbonyl (C=O) groups excluding carboxylic acids is 1. The molecule has 1 aromatic carbocycles. The average Bonchev–Trinajstić information content (AvgIpc) is 3.45. The van der Waals surface area contributed by atoms with E-state index in [1.54, 1.807) is 30.5 Å². The van der Waals surface area contributed by atoms with Gasteiger partial charge in [-0.15, -0.1) is 0 Å². The number of hydrogen-bond acceptors (Lipinski definition) is 6. The summed E-state index contributed by atoms with van der Waals surface area (Å²) in [6.07, 6.45) is 9.57. The molecule has 1 unspecified atom stereocenters. The molecule has 1 aromatic heterocycles. The van der Waals surface area contributed by atoms with Crippen LogP contribution < -0.4 is 0 Å². The summed E-state index contributed by atoms with van der Waals surface area (Å²) in [5, 5.41) is 13.3. The van der Waals surface area contributed by atoms with Crippen LogP contribution in [-0.4, -0.2) is 39.7 Å². The first-order valence-electron chi connectivity index (χ1n) is 10.5. The lowest BCUT2D eigenvalue weighted by atomic mass is 10.1. The number of rotatable bonds is 5. The molecule has 4 rings (SSSR count). The van der Waals surface area contributed by atoms with Crippen LogP contribution in [-0.2, 0) is 9.47 Å². The first-order chi connectivity index (χ1) is 15.2. The van der Waals surface area contributed by atoms with E-state index in [1.165, 1.54) is 0 Å². The quantitative estimate of drug-likeness (QED) is 0.342. The number of allylic oxidation sites excluding steroid dienone is 2. The highest BCUT2D eigenvalue weighted by molar-refractivity contribution is 6.08. The standard InChI is InChI=1S/C24H25N3O4/c1-17(31-22-4-2-3-15-30-22)24-25-13-14-27(24)21-12-11-20(23(21)26-29)10-9-18-5-7-19(16-28)8-6-18/h5-8,11,13-14,16-17,21-22,29H,2-4,12,15H2,1H3/b26-23+/t17-,21+,22?/m0/s1. The Hall–Kier alpha value is -3.21. The first-order valence-corrected chi connectivity index (χ1v) is 10.5. The normalized spacial score (nSPS) is 23.1. The number of imidazole rings is 1. The molecular weight excluding hydrogens is 394 g/mol. The van der Waals surface area contributed by atoms with E-state index in [9.17, 15) is 10.0 Å². The van der Waals surface area contributed by atoms with Gasteiger partial charge in [0.15, 0.2) is 6.29 Å². The van der Waals surface area contributed by atoms with Gasteiger partial charge >= 0.3 is 0 Å². The summed E-state index contributed by atoms with van der Waals surface area (Å²) < 4.78 is 13.7. The van der Waals surface area contributed by atoms with E-state index in [0.29, 0.717) is 23.3 Å². The molecule has 1 N–H and O–H groups in total. The van der Waals surface area contributed by atoms with Crippen LogP contribution in [0.2, 0.25) is 0 Å². The first kappa shape index (κ1) is 21.0. The van der Waals surface area contributed by atoms with E-state index in [-0.39, 0.29) is 18.4 Å². The molecule has 0 spiro atoms. The van der Waals surface area contributed by atoms with E-state index in [1.807, 2.05) is 23.8 Å². The molecule has 0 saturated carbocycles. The minimum Gasteiger partial charge on any atom is -0.411 e. The maximum atomic E-state index is 10.8. The Kier molecular flexibility index (Phi) is 6.60. The summed E-state index contributed by atoms with van der Waals surface area (Å²) in [6.45, 7) is 2.68. The predicted molar refractivity (Wildman–Crippen MR) is 115 cm³/mol. The Morgan fingerprint density at radius 2 is 2.16 bits per heavy atom. The molecule has 1 aliphatic carbocycles. The number of ether oxygens (including phenoxy) is 2. The van der Waals surface area contributed by atoms with Crippen LogP contribution in [0.15, 0.2) is 53.5 Å². The Morgan fingerprint density at radius 1 is 1.32 bits per heavy atom. The SMILES string of the molecule is C[C@H](OC1CCCCO1)c1nccn1[C@@H]1CC=C(C#Cc2ccc(C=O)cc2)/C1=N\O. The lowest BCUT2D eigenvalue weighted by Gasteiger charge is -2.27. The third-order valence-electron chi connectivity index (χ3n) is 5.52. The molecule has 0 bridgehead atoms. The predicted octanol–water partition coefficient (Wildman–Crippen LogP) is 4.05. The lowest BCUT2D eigenvalue weighted by Crippen LogP contribution is -2.26. The Balaban J connectivity index is 1.49.